The van der Waals surface area contributed by atoms with Gasteiger partial charge in [-0.15, -0.1) is 0 Å². The van der Waals surface area contributed by atoms with Crippen LogP contribution in [-0.4, -0.2) is 12.5 Å². The minimum absolute atomic E-state index is 0.910. The molecule has 0 heterocycles. The van der Waals surface area contributed by atoms with Crippen LogP contribution in [0.4, 0.5) is 0 Å². The number of hydrogen-bond donors (Lipinski definition) is 1. The Bertz CT molecular complexity index is 723. The molecule has 2 aromatic carbocycles. The van der Waals surface area contributed by atoms with E-state index in [4.69, 9.17) is 7.64 Å². The van der Waals surface area contributed by atoms with E-state index < -0.39 is 21.9 Å². The van der Waals surface area contributed by atoms with Crippen LogP contribution < -0.4 is 5.19 Å². The van der Waals surface area contributed by atoms with Crippen LogP contribution in [0.5, 0.6) is 0 Å². The fourth-order valence-electron chi connectivity index (χ4n) is 2.48. The first-order valence-corrected chi connectivity index (χ1v) is 10.9. The number of hydrogen-bond acceptors (Lipinski definition) is 3. The molecule has 0 aliphatic heterocycles. The van der Waals surface area contributed by atoms with Crippen LogP contribution in [0.15, 0.2) is 36.4 Å². The number of fused-ring (bicyclic) bond motifs is 1. The van der Waals surface area contributed by atoms with Crippen molar-refractivity contribution in [2.75, 3.05) is 0 Å². The Morgan fingerprint density at radius 3 is 2.37 bits per heavy atom. The summed E-state index contributed by atoms with van der Waals surface area (Å²) in [6, 6.07) is 11.7. The molecule has 2 rings (SSSR count). The van der Waals surface area contributed by atoms with Gasteiger partial charge in [-0.2, -0.15) is 0 Å². The van der Waals surface area contributed by atoms with Crippen molar-refractivity contribution in [3.63, 3.8) is 0 Å². The average Bonchev–Trinajstić information content (AvgIpc) is 2.25. The molecule has 0 bridgehead atoms. The molecule has 4 nitrogen and oxygen atoms in total. The molecule has 1 N–H and O–H groups in total. The van der Waals surface area contributed by atoms with Crippen molar-refractivity contribution in [2.45, 2.75) is 20.0 Å². The van der Waals surface area contributed by atoms with Crippen LogP contribution in [0.1, 0.15) is 5.56 Å². The Kier molecular flexibility index (Phi) is 3.65. The van der Waals surface area contributed by atoms with Gasteiger partial charge in [-0.25, -0.2) is 0 Å². The molecule has 102 valence electrons. The maximum absolute atomic E-state index is 11.1. The molecule has 0 radical (unpaired) electrons. The Morgan fingerprint density at radius 1 is 1.11 bits per heavy atom. The second-order valence-electron chi connectivity index (χ2n) is 5.00. The Balaban J connectivity index is 2.70. The van der Waals surface area contributed by atoms with E-state index in [1.54, 1.807) is 13.1 Å². The van der Waals surface area contributed by atoms with Crippen LogP contribution in [0.2, 0.25) is 13.1 Å². The summed E-state index contributed by atoms with van der Waals surface area (Å²) in [5.41, 5.74) is 0.983. The molecule has 2 aromatic rings. The zero-order chi connectivity index (χ0) is 14.3. The van der Waals surface area contributed by atoms with Crippen LogP contribution in [0.3, 0.4) is 0 Å². The van der Waals surface area contributed by atoms with Gasteiger partial charge in [0, 0.05) is 0 Å². The zero-order valence-electron chi connectivity index (χ0n) is 11.0. The summed E-state index contributed by atoms with van der Waals surface area (Å²) < 4.78 is 36.3. The summed E-state index contributed by atoms with van der Waals surface area (Å²) in [5.74, 6) is 0. The monoisotopic (exact) mass is 316 g/mol. The van der Waals surface area contributed by atoms with Crippen LogP contribution in [0.25, 0.3) is 10.8 Å². The van der Waals surface area contributed by atoms with Crippen molar-refractivity contribution in [3.8, 4) is 0 Å². The number of aryl methyl sites for hydroxylation is 1. The first-order chi connectivity index (χ1) is 8.71. The van der Waals surface area contributed by atoms with E-state index in [1.165, 1.54) is 0 Å². The van der Waals surface area contributed by atoms with Gasteiger partial charge in [0.2, 0.25) is 0 Å². The van der Waals surface area contributed by atoms with Crippen molar-refractivity contribution in [1.29, 1.82) is 0 Å². The van der Waals surface area contributed by atoms with Gasteiger partial charge in [0.25, 0.3) is 0 Å². The molecular weight excluding hydrogens is 300 g/mol. The van der Waals surface area contributed by atoms with Gasteiger partial charge in [-0.05, 0) is 0 Å². The number of rotatable bonds is 3. The third-order valence-corrected chi connectivity index (χ3v) is 8.49. The molecule has 0 spiro atoms. The summed E-state index contributed by atoms with van der Waals surface area (Å²) in [6.45, 7) is 5.48. The molecule has 6 heteroatoms. The van der Waals surface area contributed by atoms with Crippen LogP contribution >= 0.6 is 0 Å². The van der Waals surface area contributed by atoms with Crippen molar-refractivity contribution >= 4 is 24.3 Å². The van der Waals surface area contributed by atoms with E-state index in [0.29, 0.717) is 0 Å². The van der Waals surface area contributed by atoms with E-state index in [1.807, 2.05) is 43.3 Å². The van der Waals surface area contributed by atoms with Gasteiger partial charge in [0.1, 0.15) is 0 Å². The average molecular weight is 316 g/mol. The maximum atomic E-state index is 11.1. The molecule has 0 saturated heterocycles. The molecule has 0 aliphatic carbocycles. The van der Waals surface area contributed by atoms with Gasteiger partial charge >= 0.3 is 115 Å². The second-order valence-corrected chi connectivity index (χ2v) is 10.8. The molecule has 0 amide bonds. The normalized spacial score (nSPS) is 12.8. The van der Waals surface area contributed by atoms with E-state index in [2.05, 4.69) is 0 Å². The summed E-state index contributed by atoms with van der Waals surface area (Å²) in [4.78, 5) is 0. The first-order valence-electron chi connectivity index (χ1n) is 5.87. The predicted octanol–water partition coefficient (Wildman–Crippen LogP) is 2.24. The van der Waals surface area contributed by atoms with Gasteiger partial charge in [0.05, 0.1) is 0 Å². The van der Waals surface area contributed by atoms with Gasteiger partial charge in [-0.3, -0.25) is 0 Å². The Morgan fingerprint density at radius 2 is 1.74 bits per heavy atom. The number of benzene rings is 2. The van der Waals surface area contributed by atoms with Crippen molar-refractivity contribution < 1.29 is 28.9 Å². The van der Waals surface area contributed by atoms with Crippen molar-refractivity contribution in [3.05, 3.63) is 42.0 Å². The molecule has 0 unspecified atom stereocenters. The quantitative estimate of drug-likeness (QED) is 0.882. The van der Waals surface area contributed by atoms with Crippen LogP contribution in [-0.2, 0) is 24.7 Å². The Hall–Kier alpha value is -1.03. The molecule has 0 saturated carbocycles. The fraction of sp³-hybridized carbons (Fsp3) is 0.231. The molecule has 0 fully saturated rings. The topological polar surface area (TPSA) is 63.6 Å². The van der Waals surface area contributed by atoms with Crippen molar-refractivity contribution in [2.24, 2.45) is 0 Å². The van der Waals surface area contributed by atoms with E-state index in [0.717, 1.165) is 21.5 Å². The SMILES string of the molecule is Cc1ccc2ccccc2c1[Si](C)(C)[O][Cr](=[O])(=[O])[OH]. The molecule has 0 aliphatic rings. The van der Waals surface area contributed by atoms with E-state index in [-0.39, 0.29) is 0 Å². The third-order valence-electron chi connectivity index (χ3n) is 3.05. The fourth-order valence-corrected chi connectivity index (χ4v) is 7.86. The predicted molar refractivity (Wildman–Crippen MR) is 70.5 cm³/mol. The van der Waals surface area contributed by atoms with Crippen LogP contribution in [0, 0.1) is 6.92 Å². The van der Waals surface area contributed by atoms with Gasteiger partial charge in [-0.1, -0.05) is 0 Å². The third kappa shape index (κ3) is 3.11. The van der Waals surface area contributed by atoms with E-state index >= 15 is 0 Å². The minimum atomic E-state index is -5.20. The summed E-state index contributed by atoms with van der Waals surface area (Å²) in [7, 11) is -2.73. The Labute approximate surface area is 115 Å². The zero-order valence-corrected chi connectivity index (χ0v) is 13.3. The second kappa shape index (κ2) is 4.82. The van der Waals surface area contributed by atoms with Gasteiger partial charge < -0.3 is 0 Å². The molecule has 19 heavy (non-hydrogen) atoms. The van der Waals surface area contributed by atoms with Crippen molar-refractivity contribution in [1.82, 2.24) is 0 Å². The summed E-state index contributed by atoms with van der Waals surface area (Å²) in [5, 5.41) is 2.93. The van der Waals surface area contributed by atoms with Gasteiger partial charge in [0.15, 0.2) is 0 Å². The standard InChI is InChI=1S/C13H15OSi.Cr.H2O.2O/c1-10-8-9-11-6-4-5-7-12(11)13(10)15(2,3)14;;;;/h4-9H,1-3H3;;1H2;;/q-1;+2;;;/p-1. The summed E-state index contributed by atoms with van der Waals surface area (Å²) >= 11 is -5.20. The summed E-state index contributed by atoms with van der Waals surface area (Å²) in [6.07, 6.45) is 0. The first kappa shape index (κ1) is 14.4. The molecule has 0 aromatic heterocycles. The molecule has 0 atom stereocenters. The van der Waals surface area contributed by atoms with E-state index in [9.17, 15) is 7.61 Å². The molecular formula is C13H16CrO4Si.